The van der Waals surface area contributed by atoms with Crippen molar-refractivity contribution in [3.63, 3.8) is 0 Å². The van der Waals surface area contributed by atoms with Gasteiger partial charge in [0.1, 0.15) is 12.1 Å². The van der Waals surface area contributed by atoms with E-state index < -0.39 is 0 Å². The second-order valence-corrected chi connectivity index (χ2v) is 6.80. The number of hydrogen-bond acceptors (Lipinski definition) is 6. The zero-order valence-corrected chi connectivity index (χ0v) is 14.2. The summed E-state index contributed by atoms with van der Waals surface area (Å²) in [5.74, 6) is -0.344. The molecule has 7 heteroatoms. The van der Waals surface area contributed by atoms with E-state index in [4.69, 9.17) is 10.00 Å². The number of morpholine rings is 1. The monoisotopic (exact) mass is 354 g/mol. The Kier molecular flexibility index (Phi) is 4.30. The molecule has 25 heavy (non-hydrogen) atoms. The summed E-state index contributed by atoms with van der Waals surface area (Å²) in [5, 5.41) is 9.98. The maximum atomic E-state index is 14.4. The van der Waals surface area contributed by atoms with Crippen molar-refractivity contribution in [2.75, 3.05) is 31.2 Å². The molecule has 126 valence electrons. The van der Waals surface area contributed by atoms with Gasteiger partial charge in [-0.3, -0.25) is 0 Å². The number of halogens is 1. The molecule has 0 saturated carbocycles. The lowest BCUT2D eigenvalue weighted by molar-refractivity contribution is 0.123. The first-order valence-electron chi connectivity index (χ1n) is 7.99. The predicted octanol–water partition coefficient (Wildman–Crippen LogP) is 3.40. The number of hydrogen-bond donors (Lipinski definition) is 0. The van der Waals surface area contributed by atoms with Crippen LogP contribution in [0.4, 0.5) is 9.39 Å². The Morgan fingerprint density at radius 1 is 1.24 bits per heavy atom. The average molecular weight is 354 g/mol. The Labute approximate surface area is 148 Å². The van der Waals surface area contributed by atoms with E-state index in [9.17, 15) is 4.39 Å². The van der Waals surface area contributed by atoms with Gasteiger partial charge in [0.05, 0.1) is 46.6 Å². The molecular weight excluding hydrogens is 339 g/mol. The van der Waals surface area contributed by atoms with Crippen molar-refractivity contribution in [2.24, 2.45) is 0 Å². The number of benzene rings is 1. The third-order valence-electron chi connectivity index (χ3n) is 4.19. The summed E-state index contributed by atoms with van der Waals surface area (Å²) < 4.78 is 20.7. The second kappa shape index (κ2) is 6.75. The summed E-state index contributed by atoms with van der Waals surface area (Å²) in [4.78, 5) is 10.9. The van der Waals surface area contributed by atoms with Crippen molar-refractivity contribution in [2.45, 2.75) is 6.42 Å². The van der Waals surface area contributed by atoms with E-state index in [1.807, 2.05) is 6.07 Å². The van der Waals surface area contributed by atoms with E-state index in [1.165, 1.54) is 12.4 Å². The molecule has 3 heterocycles. The van der Waals surface area contributed by atoms with Crippen LogP contribution in [-0.2, 0) is 11.2 Å². The highest BCUT2D eigenvalue weighted by Crippen LogP contribution is 2.37. The smallest absolute Gasteiger partial charge is 0.132 e. The molecule has 0 radical (unpaired) electrons. The Morgan fingerprint density at radius 3 is 2.88 bits per heavy atom. The van der Waals surface area contributed by atoms with Crippen molar-refractivity contribution >= 4 is 26.6 Å². The van der Waals surface area contributed by atoms with Crippen LogP contribution in [0.5, 0.6) is 0 Å². The van der Waals surface area contributed by atoms with Crippen LogP contribution in [0.2, 0.25) is 0 Å². The molecule has 3 aromatic rings. The van der Waals surface area contributed by atoms with E-state index in [-0.39, 0.29) is 12.2 Å². The van der Waals surface area contributed by atoms with Gasteiger partial charge in [-0.25, -0.2) is 14.4 Å². The van der Waals surface area contributed by atoms with E-state index in [0.29, 0.717) is 24.5 Å². The standard InChI is InChI=1S/C18H15FN4OS/c19-14-2-1-12(3-4-20)9-13(14)17-18-15(21-11-22-17)10-16(25-18)23-5-7-24-8-6-23/h1-2,9-11H,3,5-8H2. The zero-order valence-electron chi connectivity index (χ0n) is 13.4. The minimum Gasteiger partial charge on any atom is -0.378 e. The molecule has 0 bridgehead atoms. The Bertz CT molecular complexity index is 959. The van der Waals surface area contributed by atoms with Gasteiger partial charge in [0.2, 0.25) is 0 Å². The lowest BCUT2D eigenvalue weighted by Gasteiger charge is -2.27. The second-order valence-electron chi connectivity index (χ2n) is 5.77. The summed E-state index contributed by atoms with van der Waals surface area (Å²) in [6.07, 6.45) is 1.70. The molecule has 1 aromatic carbocycles. The van der Waals surface area contributed by atoms with E-state index in [2.05, 4.69) is 20.9 Å². The predicted molar refractivity (Wildman–Crippen MR) is 95.2 cm³/mol. The van der Waals surface area contributed by atoms with Crippen LogP contribution in [0.25, 0.3) is 21.5 Å². The summed E-state index contributed by atoms with van der Waals surface area (Å²) in [5.41, 5.74) is 2.57. The molecule has 2 aromatic heterocycles. The summed E-state index contributed by atoms with van der Waals surface area (Å²) >= 11 is 1.57. The molecule has 4 rings (SSSR count). The maximum absolute atomic E-state index is 14.4. The zero-order chi connectivity index (χ0) is 17.2. The van der Waals surface area contributed by atoms with Gasteiger partial charge in [0.15, 0.2) is 0 Å². The number of ether oxygens (including phenoxy) is 1. The first kappa shape index (κ1) is 15.9. The third-order valence-corrected chi connectivity index (χ3v) is 5.38. The number of aromatic nitrogens is 2. The van der Waals surface area contributed by atoms with Gasteiger partial charge in [0.25, 0.3) is 0 Å². The number of thiophene rings is 1. The largest absolute Gasteiger partial charge is 0.378 e. The fraction of sp³-hybridized carbons (Fsp3) is 0.278. The summed E-state index contributed by atoms with van der Waals surface area (Å²) in [6, 6.07) is 8.85. The van der Waals surface area contributed by atoms with Gasteiger partial charge >= 0.3 is 0 Å². The Hall–Kier alpha value is -2.56. The van der Waals surface area contributed by atoms with E-state index >= 15 is 0 Å². The van der Waals surface area contributed by atoms with Crippen molar-refractivity contribution in [1.29, 1.82) is 5.26 Å². The first-order chi connectivity index (χ1) is 12.3. The number of anilines is 1. The van der Waals surface area contributed by atoms with Crippen molar-refractivity contribution in [1.82, 2.24) is 9.97 Å². The molecule has 0 aliphatic carbocycles. The molecular formula is C18H15FN4OS. The first-order valence-corrected chi connectivity index (χ1v) is 8.81. The molecule has 0 amide bonds. The molecule has 5 nitrogen and oxygen atoms in total. The number of rotatable bonds is 3. The van der Waals surface area contributed by atoms with Crippen LogP contribution in [0.3, 0.4) is 0 Å². The van der Waals surface area contributed by atoms with Crippen LogP contribution in [-0.4, -0.2) is 36.3 Å². The lowest BCUT2D eigenvalue weighted by atomic mass is 10.1. The van der Waals surface area contributed by atoms with Crippen LogP contribution in [0.15, 0.2) is 30.6 Å². The van der Waals surface area contributed by atoms with E-state index in [1.54, 1.807) is 23.5 Å². The highest BCUT2D eigenvalue weighted by atomic mass is 32.1. The van der Waals surface area contributed by atoms with Crippen LogP contribution < -0.4 is 4.90 Å². The van der Waals surface area contributed by atoms with Crippen LogP contribution >= 0.6 is 11.3 Å². The Balaban J connectivity index is 1.81. The molecule has 0 spiro atoms. The summed E-state index contributed by atoms with van der Waals surface area (Å²) in [7, 11) is 0. The number of nitrogens with zero attached hydrogens (tertiary/aromatic N) is 4. The third kappa shape index (κ3) is 3.06. The lowest BCUT2D eigenvalue weighted by Crippen LogP contribution is -2.35. The summed E-state index contributed by atoms with van der Waals surface area (Å²) in [6.45, 7) is 3.08. The van der Waals surface area contributed by atoms with Gasteiger partial charge in [-0.05, 0) is 23.8 Å². The van der Waals surface area contributed by atoms with Crippen molar-refractivity contribution in [3.05, 3.63) is 42.0 Å². The highest BCUT2D eigenvalue weighted by Gasteiger charge is 2.18. The molecule has 1 fully saturated rings. The Morgan fingerprint density at radius 2 is 2.08 bits per heavy atom. The molecule has 1 aliphatic heterocycles. The number of nitriles is 1. The van der Waals surface area contributed by atoms with Gasteiger partial charge in [0, 0.05) is 18.7 Å². The molecule has 1 saturated heterocycles. The van der Waals surface area contributed by atoms with Gasteiger partial charge < -0.3 is 9.64 Å². The maximum Gasteiger partial charge on any atom is 0.132 e. The van der Waals surface area contributed by atoms with Gasteiger partial charge in [-0.1, -0.05) is 6.07 Å². The van der Waals surface area contributed by atoms with Gasteiger partial charge in [-0.15, -0.1) is 11.3 Å². The quantitative estimate of drug-likeness (QED) is 0.721. The van der Waals surface area contributed by atoms with Crippen molar-refractivity contribution in [3.8, 4) is 17.3 Å². The fourth-order valence-electron chi connectivity index (χ4n) is 2.93. The topological polar surface area (TPSA) is 62.0 Å². The minimum atomic E-state index is -0.344. The average Bonchev–Trinajstić information content (AvgIpc) is 3.09. The SMILES string of the molecule is N#CCc1ccc(F)c(-c2ncnc3cc(N4CCOCC4)sc23)c1. The molecule has 1 aliphatic rings. The van der Waals surface area contributed by atoms with Crippen LogP contribution in [0, 0.1) is 17.1 Å². The molecule has 0 unspecified atom stereocenters. The molecule has 0 atom stereocenters. The highest BCUT2D eigenvalue weighted by molar-refractivity contribution is 7.23. The number of fused-ring (bicyclic) bond motifs is 1. The van der Waals surface area contributed by atoms with E-state index in [0.717, 1.165) is 33.9 Å². The minimum absolute atomic E-state index is 0.241. The normalized spacial score (nSPS) is 14.6. The molecule has 0 N–H and O–H groups in total. The van der Waals surface area contributed by atoms with Crippen LogP contribution in [0.1, 0.15) is 5.56 Å². The van der Waals surface area contributed by atoms with Crippen molar-refractivity contribution < 1.29 is 9.13 Å². The fourth-order valence-corrected chi connectivity index (χ4v) is 4.10. The van der Waals surface area contributed by atoms with Gasteiger partial charge in [-0.2, -0.15) is 5.26 Å².